The first-order valence-corrected chi connectivity index (χ1v) is 10.3. The summed E-state index contributed by atoms with van der Waals surface area (Å²) in [4.78, 5) is 0. The van der Waals surface area contributed by atoms with Crippen LogP contribution < -0.4 is 24.3 Å². The zero-order chi connectivity index (χ0) is 20.0. The summed E-state index contributed by atoms with van der Waals surface area (Å²) in [6.45, 7) is 0. The maximum Gasteiger partial charge on any atom is 0.175 e. The van der Waals surface area contributed by atoms with E-state index in [1.807, 2.05) is 0 Å². The van der Waals surface area contributed by atoms with Crippen molar-refractivity contribution in [2.45, 2.75) is 5.75 Å². The first-order chi connectivity index (χ1) is 12.8. The molecule has 2 aromatic rings. The van der Waals surface area contributed by atoms with Crippen LogP contribution in [-0.2, 0) is 15.6 Å². The van der Waals surface area contributed by atoms with Gasteiger partial charge in [-0.15, -0.1) is 9.24 Å². The van der Waals surface area contributed by atoms with E-state index in [-0.39, 0.29) is 5.75 Å². The zero-order valence-corrected chi connectivity index (χ0v) is 17.7. The van der Waals surface area contributed by atoms with Crippen LogP contribution in [0.25, 0.3) is 6.08 Å². The Hall–Kier alpha value is -2.24. The average Bonchev–Trinajstić information content (AvgIpc) is 2.65. The van der Waals surface area contributed by atoms with Crippen LogP contribution in [0.5, 0.6) is 23.0 Å². The highest BCUT2D eigenvalue weighted by molar-refractivity contribution is 7.93. The van der Waals surface area contributed by atoms with E-state index in [1.165, 1.54) is 27.4 Å². The molecule has 0 amide bonds. The topological polar surface area (TPSA) is 71.1 Å². The Labute approximate surface area is 162 Å². The van der Waals surface area contributed by atoms with Crippen molar-refractivity contribution in [2.24, 2.45) is 0 Å². The van der Waals surface area contributed by atoms with E-state index in [2.05, 4.69) is 9.24 Å². The van der Waals surface area contributed by atoms with Crippen molar-refractivity contribution < 1.29 is 27.4 Å². The third kappa shape index (κ3) is 5.37. The quantitative estimate of drug-likeness (QED) is 0.624. The van der Waals surface area contributed by atoms with Gasteiger partial charge in [0.1, 0.15) is 23.0 Å². The van der Waals surface area contributed by atoms with Crippen molar-refractivity contribution in [1.82, 2.24) is 0 Å². The van der Waals surface area contributed by atoms with Crippen LogP contribution in [0.15, 0.2) is 35.7 Å². The van der Waals surface area contributed by atoms with Crippen LogP contribution in [0.1, 0.15) is 11.1 Å². The highest BCUT2D eigenvalue weighted by atomic mass is 32.2. The standard InChI is InChI=1S/C19H23O6PS/c1-22-14-10-17(24-3)15(18(11-14)25-4)7-8-27(20,21)12-13-5-6-16(23-2)19(26)9-13/h5-11H,12,26H2,1-4H3/b8-7+. The zero-order valence-electron chi connectivity index (χ0n) is 15.7. The van der Waals surface area contributed by atoms with E-state index in [4.69, 9.17) is 18.9 Å². The Morgan fingerprint density at radius 1 is 0.889 bits per heavy atom. The lowest BCUT2D eigenvalue weighted by atomic mass is 10.1. The van der Waals surface area contributed by atoms with Gasteiger partial charge in [-0.2, -0.15) is 0 Å². The Balaban J connectivity index is 2.32. The summed E-state index contributed by atoms with van der Waals surface area (Å²) < 4.78 is 46.1. The molecule has 146 valence electrons. The second-order valence-corrected chi connectivity index (χ2v) is 8.14. The molecule has 0 saturated carbocycles. The second kappa shape index (κ2) is 9.11. The Bertz CT molecular complexity index is 912. The van der Waals surface area contributed by atoms with Gasteiger partial charge < -0.3 is 18.9 Å². The number of rotatable bonds is 8. The van der Waals surface area contributed by atoms with E-state index in [0.717, 1.165) is 10.7 Å². The Kier molecular flexibility index (Phi) is 7.11. The van der Waals surface area contributed by atoms with Gasteiger partial charge in [-0.3, -0.25) is 0 Å². The van der Waals surface area contributed by atoms with Crippen LogP contribution in [0.4, 0.5) is 0 Å². The minimum atomic E-state index is -3.51. The number of sulfone groups is 1. The third-order valence-corrected chi connectivity index (χ3v) is 5.59. The molecule has 0 fully saturated rings. The number of hydrogen-bond donors (Lipinski definition) is 0. The molecule has 0 heterocycles. The van der Waals surface area contributed by atoms with Gasteiger partial charge in [0.25, 0.3) is 0 Å². The van der Waals surface area contributed by atoms with Crippen LogP contribution in [0.3, 0.4) is 0 Å². The van der Waals surface area contributed by atoms with E-state index in [9.17, 15) is 8.42 Å². The molecule has 2 aromatic carbocycles. The molecular weight excluding hydrogens is 387 g/mol. The molecule has 0 aliphatic heterocycles. The van der Waals surface area contributed by atoms with Gasteiger partial charge in [0.2, 0.25) is 0 Å². The number of methoxy groups -OCH3 is 4. The van der Waals surface area contributed by atoms with Gasteiger partial charge in [-0.25, -0.2) is 8.42 Å². The first-order valence-electron chi connectivity index (χ1n) is 7.96. The summed E-state index contributed by atoms with van der Waals surface area (Å²) >= 11 is 0. The van der Waals surface area contributed by atoms with Crippen molar-refractivity contribution in [3.05, 3.63) is 46.9 Å². The fourth-order valence-corrected chi connectivity index (χ4v) is 4.03. The second-order valence-electron chi connectivity index (χ2n) is 5.63. The van der Waals surface area contributed by atoms with Crippen LogP contribution in [0, 0.1) is 0 Å². The van der Waals surface area contributed by atoms with Gasteiger partial charge >= 0.3 is 0 Å². The molecule has 0 aliphatic rings. The summed E-state index contributed by atoms with van der Waals surface area (Å²) in [5.41, 5.74) is 1.19. The molecule has 0 aromatic heterocycles. The van der Waals surface area contributed by atoms with Crippen molar-refractivity contribution >= 4 is 30.5 Å². The SMILES string of the molecule is COc1cc(OC)c(/C=C/S(=O)(=O)Cc2ccc(OC)c(P)c2)c(OC)c1. The van der Waals surface area contributed by atoms with Gasteiger partial charge in [0.15, 0.2) is 9.84 Å². The lowest BCUT2D eigenvalue weighted by Gasteiger charge is -2.12. The minimum absolute atomic E-state index is 0.129. The highest BCUT2D eigenvalue weighted by Gasteiger charge is 2.14. The van der Waals surface area contributed by atoms with Gasteiger partial charge in [0.05, 0.1) is 39.8 Å². The predicted octanol–water partition coefficient (Wildman–Crippen LogP) is 2.81. The molecule has 2 rings (SSSR count). The van der Waals surface area contributed by atoms with Crippen molar-refractivity contribution in [1.29, 1.82) is 0 Å². The van der Waals surface area contributed by atoms with E-state index in [0.29, 0.717) is 34.1 Å². The smallest absolute Gasteiger partial charge is 0.175 e. The normalized spacial score (nSPS) is 11.4. The monoisotopic (exact) mass is 410 g/mol. The Morgan fingerprint density at radius 3 is 1.96 bits per heavy atom. The molecule has 8 heteroatoms. The van der Waals surface area contributed by atoms with E-state index >= 15 is 0 Å². The van der Waals surface area contributed by atoms with Crippen molar-refractivity contribution in [3.63, 3.8) is 0 Å². The van der Waals surface area contributed by atoms with Crippen LogP contribution >= 0.6 is 9.24 Å². The summed E-state index contributed by atoms with van der Waals surface area (Å²) in [5, 5.41) is 1.96. The summed E-state index contributed by atoms with van der Waals surface area (Å²) in [6.07, 6.45) is 1.47. The van der Waals surface area contributed by atoms with Crippen molar-refractivity contribution in [3.8, 4) is 23.0 Å². The van der Waals surface area contributed by atoms with Gasteiger partial charge in [-0.1, -0.05) is 6.07 Å². The van der Waals surface area contributed by atoms with Crippen molar-refractivity contribution in [2.75, 3.05) is 28.4 Å². The van der Waals surface area contributed by atoms with E-state index in [1.54, 1.807) is 37.4 Å². The molecule has 0 aliphatic carbocycles. The summed E-state index contributed by atoms with van der Waals surface area (Å²) in [7, 11) is 5.12. The number of benzene rings is 2. The Morgan fingerprint density at radius 2 is 1.48 bits per heavy atom. The molecule has 1 unspecified atom stereocenters. The molecule has 0 bridgehead atoms. The van der Waals surface area contributed by atoms with Crippen LogP contribution in [-0.4, -0.2) is 36.9 Å². The van der Waals surface area contributed by atoms with Gasteiger partial charge in [-0.05, 0) is 23.8 Å². The maximum absolute atomic E-state index is 12.5. The van der Waals surface area contributed by atoms with E-state index < -0.39 is 9.84 Å². The third-order valence-electron chi connectivity index (χ3n) is 3.86. The fourth-order valence-electron chi connectivity index (χ4n) is 2.52. The lowest BCUT2D eigenvalue weighted by Crippen LogP contribution is -2.05. The summed E-state index contributed by atoms with van der Waals surface area (Å²) in [5.74, 6) is 2.01. The predicted molar refractivity (Wildman–Crippen MR) is 110 cm³/mol. The largest absolute Gasteiger partial charge is 0.496 e. The average molecular weight is 410 g/mol. The molecule has 27 heavy (non-hydrogen) atoms. The number of ether oxygens (including phenoxy) is 4. The molecule has 1 atom stereocenters. The van der Waals surface area contributed by atoms with Crippen LogP contribution in [0.2, 0.25) is 0 Å². The maximum atomic E-state index is 12.5. The minimum Gasteiger partial charge on any atom is -0.496 e. The molecule has 6 nitrogen and oxygen atoms in total. The number of hydrogen-bond acceptors (Lipinski definition) is 6. The molecule has 0 radical (unpaired) electrons. The van der Waals surface area contributed by atoms with Gasteiger partial charge in [0, 0.05) is 22.8 Å². The highest BCUT2D eigenvalue weighted by Crippen LogP contribution is 2.35. The molecule has 0 N–H and O–H groups in total. The molecule has 0 saturated heterocycles. The first kappa shape index (κ1) is 21.1. The lowest BCUT2D eigenvalue weighted by molar-refractivity contribution is 0.374. The molecular formula is C19H23O6PS. The fraction of sp³-hybridized carbons (Fsp3) is 0.263. The summed E-state index contributed by atoms with van der Waals surface area (Å²) in [6, 6.07) is 8.57. The molecule has 0 spiro atoms.